The highest BCUT2D eigenvalue weighted by molar-refractivity contribution is 7.19. The van der Waals surface area contributed by atoms with Gasteiger partial charge in [-0.15, -0.1) is 10.2 Å². The Bertz CT molecular complexity index is 1090. The van der Waals surface area contributed by atoms with Gasteiger partial charge in [0, 0.05) is 16.8 Å². The molecule has 26 heavy (non-hydrogen) atoms. The van der Waals surface area contributed by atoms with Gasteiger partial charge >= 0.3 is 0 Å². The third-order valence-corrected chi connectivity index (χ3v) is 4.97. The molecular formula is C19H17N5OS. The van der Waals surface area contributed by atoms with Crippen LogP contribution < -0.4 is 5.32 Å². The highest BCUT2D eigenvalue weighted by atomic mass is 32.1. The van der Waals surface area contributed by atoms with Gasteiger partial charge in [0.05, 0.1) is 0 Å². The van der Waals surface area contributed by atoms with Gasteiger partial charge in [0.25, 0.3) is 5.91 Å². The minimum atomic E-state index is -0.112. The second-order valence-electron chi connectivity index (χ2n) is 6.26. The van der Waals surface area contributed by atoms with Crippen LogP contribution in [0.25, 0.3) is 15.5 Å². The number of hydrogen-bond acceptors (Lipinski definition) is 5. The number of nitrogens with zero attached hydrogens (tertiary/aromatic N) is 4. The van der Waals surface area contributed by atoms with Gasteiger partial charge in [-0.1, -0.05) is 28.5 Å². The second-order valence-corrected chi connectivity index (χ2v) is 7.21. The molecule has 4 aromatic rings. The van der Waals surface area contributed by atoms with Crippen LogP contribution in [0.1, 0.15) is 27.3 Å². The average Bonchev–Trinajstić information content (AvgIpc) is 3.17. The van der Waals surface area contributed by atoms with Crippen LogP contribution in [0.3, 0.4) is 0 Å². The summed E-state index contributed by atoms with van der Waals surface area (Å²) in [7, 11) is 0. The highest BCUT2D eigenvalue weighted by Crippen LogP contribution is 2.26. The summed E-state index contributed by atoms with van der Waals surface area (Å²) in [6.45, 7) is 5.84. The predicted octanol–water partition coefficient (Wildman–Crippen LogP) is 4.03. The van der Waals surface area contributed by atoms with Crippen molar-refractivity contribution in [2.24, 2.45) is 0 Å². The van der Waals surface area contributed by atoms with E-state index in [0.29, 0.717) is 5.56 Å². The quantitative estimate of drug-likeness (QED) is 0.596. The van der Waals surface area contributed by atoms with E-state index >= 15 is 0 Å². The van der Waals surface area contributed by atoms with E-state index in [0.717, 1.165) is 38.2 Å². The number of amides is 1. The topological polar surface area (TPSA) is 72.2 Å². The lowest BCUT2D eigenvalue weighted by atomic mass is 10.1. The lowest BCUT2D eigenvalue weighted by molar-refractivity contribution is 0.102. The fraction of sp³-hybridized carbons (Fsp3) is 0.158. The number of aryl methyl sites for hydroxylation is 3. The van der Waals surface area contributed by atoms with Gasteiger partial charge in [-0.3, -0.25) is 4.79 Å². The SMILES string of the molecule is Cc1cc(C)cc(C(=O)Nc2ccc(-c3nn4c(C)nnc4s3)cc2)c1. The summed E-state index contributed by atoms with van der Waals surface area (Å²) in [6.07, 6.45) is 0. The number of carbonyl (C=O) groups is 1. The van der Waals surface area contributed by atoms with Crippen molar-refractivity contribution in [3.8, 4) is 10.6 Å². The van der Waals surface area contributed by atoms with E-state index in [1.165, 1.54) is 11.3 Å². The summed E-state index contributed by atoms with van der Waals surface area (Å²) in [5, 5.41) is 16.4. The van der Waals surface area contributed by atoms with E-state index in [2.05, 4.69) is 20.6 Å². The van der Waals surface area contributed by atoms with Gasteiger partial charge in [0.1, 0.15) is 5.01 Å². The van der Waals surface area contributed by atoms with Crippen molar-refractivity contribution in [3.63, 3.8) is 0 Å². The maximum atomic E-state index is 12.5. The molecule has 0 radical (unpaired) electrons. The summed E-state index contributed by atoms with van der Waals surface area (Å²) >= 11 is 1.48. The molecule has 0 aliphatic carbocycles. The van der Waals surface area contributed by atoms with Crippen molar-refractivity contribution >= 4 is 27.9 Å². The Morgan fingerprint density at radius 2 is 1.69 bits per heavy atom. The number of carbonyl (C=O) groups excluding carboxylic acids is 1. The van der Waals surface area contributed by atoms with Crippen LogP contribution in [0.15, 0.2) is 42.5 Å². The molecule has 0 aliphatic heterocycles. The van der Waals surface area contributed by atoms with Gasteiger partial charge in [-0.25, -0.2) is 0 Å². The first-order chi connectivity index (χ1) is 12.5. The zero-order valence-corrected chi connectivity index (χ0v) is 15.5. The summed E-state index contributed by atoms with van der Waals surface area (Å²) in [6, 6.07) is 13.5. The van der Waals surface area contributed by atoms with E-state index in [4.69, 9.17) is 0 Å². The van der Waals surface area contributed by atoms with Crippen LogP contribution >= 0.6 is 11.3 Å². The molecule has 1 amide bonds. The lowest BCUT2D eigenvalue weighted by Gasteiger charge is -2.07. The van der Waals surface area contributed by atoms with Crippen LogP contribution in [0.4, 0.5) is 5.69 Å². The minimum absolute atomic E-state index is 0.112. The van der Waals surface area contributed by atoms with Crippen LogP contribution in [0.2, 0.25) is 0 Å². The number of aromatic nitrogens is 4. The molecule has 130 valence electrons. The number of anilines is 1. The molecule has 2 heterocycles. The number of rotatable bonds is 3. The molecule has 0 atom stereocenters. The van der Waals surface area contributed by atoms with Crippen LogP contribution in [-0.4, -0.2) is 25.7 Å². The lowest BCUT2D eigenvalue weighted by Crippen LogP contribution is -2.12. The van der Waals surface area contributed by atoms with Crippen LogP contribution in [0, 0.1) is 20.8 Å². The largest absolute Gasteiger partial charge is 0.322 e. The van der Waals surface area contributed by atoms with Gasteiger partial charge in [-0.2, -0.15) is 9.61 Å². The molecule has 2 aromatic carbocycles. The molecule has 0 unspecified atom stereocenters. The van der Waals surface area contributed by atoms with E-state index in [1.807, 2.05) is 63.2 Å². The monoisotopic (exact) mass is 363 g/mol. The first-order valence-corrected chi connectivity index (χ1v) is 9.00. The van der Waals surface area contributed by atoms with Gasteiger partial charge in [-0.05, 0) is 57.2 Å². The van der Waals surface area contributed by atoms with E-state index in [1.54, 1.807) is 4.52 Å². The Kier molecular flexibility index (Phi) is 4.00. The van der Waals surface area contributed by atoms with Crippen molar-refractivity contribution < 1.29 is 4.79 Å². The summed E-state index contributed by atoms with van der Waals surface area (Å²) in [5.41, 5.74) is 4.53. The summed E-state index contributed by atoms with van der Waals surface area (Å²) in [5.74, 6) is 0.652. The normalized spacial score (nSPS) is 11.0. The van der Waals surface area contributed by atoms with Gasteiger partial charge in [0.15, 0.2) is 5.82 Å². The number of hydrogen-bond donors (Lipinski definition) is 1. The van der Waals surface area contributed by atoms with E-state index in [-0.39, 0.29) is 5.91 Å². The number of fused-ring (bicyclic) bond motifs is 1. The Balaban J connectivity index is 1.54. The molecule has 0 saturated heterocycles. The average molecular weight is 363 g/mol. The Morgan fingerprint density at radius 1 is 1.00 bits per heavy atom. The molecular weight excluding hydrogens is 346 g/mol. The Morgan fingerprint density at radius 3 is 2.35 bits per heavy atom. The first kappa shape index (κ1) is 16.4. The third kappa shape index (κ3) is 3.09. The highest BCUT2D eigenvalue weighted by Gasteiger charge is 2.11. The van der Waals surface area contributed by atoms with Crippen LogP contribution in [-0.2, 0) is 0 Å². The van der Waals surface area contributed by atoms with Crippen molar-refractivity contribution in [2.75, 3.05) is 5.32 Å². The molecule has 2 aromatic heterocycles. The summed E-state index contributed by atoms with van der Waals surface area (Å²) < 4.78 is 1.73. The second kappa shape index (κ2) is 6.34. The molecule has 0 saturated carbocycles. The smallest absolute Gasteiger partial charge is 0.255 e. The van der Waals surface area contributed by atoms with Gasteiger partial charge in [0.2, 0.25) is 4.96 Å². The molecule has 1 N–H and O–H groups in total. The molecule has 7 heteroatoms. The number of nitrogens with one attached hydrogen (secondary N) is 1. The maximum absolute atomic E-state index is 12.5. The van der Waals surface area contributed by atoms with E-state index < -0.39 is 0 Å². The van der Waals surface area contributed by atoms with E-state index in [9.17, 15) is 4.79 Å². The Labute approximate surface area is 154 Å². The molecule has 0 fully saturated rings. The summed E-state index contributed by atoms with van der Waals surface area (Å²) in [4.78, 5) is 13.2. The standard InChI is InChI=1S/C19H17N5OS/c1-11-8-12(2)10-15(9-11)17(25)20-16-6-4-14(5-7-16)18-23-24-13(3)21-22-19(24)26-18/h4-10H,1-3H3,(H,20,25). The third-order valence-electron chi connectivity index (χ3n) is 4.02. The zero-order chi connectivity index (χ0) is 18.3. The van der Waals surface area contributed by atoms with Crippen molar-refractivity contribution in [1.29, 1.82) is 0 Å². The fourth-order valence-corrected chi connectivity index (χ4v) is 3.73. The fourth-order valence-electron chi connectivity index (χ4n) is 2.84. The predicted molar refractivity (Wildman–Crippen MR) is 103 cm³/mol. The van der Waals surface area contributed by atoms with Crippen LogP contribution in [0.5, 0.6) is 0 Å². The molecule has 0 bridgehead atoms. The Hall–Kier alpha value is -3.06. The molecule has 0 aliphatic rings. The first-order valence-electron chi connectivity index (χ1n) is 8.18. The van der Waals surface area contributed by atoms with Crippen molar-refractivity contribution in [2.45, 2.75) is 20.8 Å². The number of benzene rings is 2. The maximum Gasteiger partial charge on any atom is 0.255 e. The molecule has 6 nitrogen and oxygen atoms in total. The van der Waals surface area contributed by atoms with Crippen molar-refractivity contribution in [3.05, 3.63) is 65.0 Å². The molecule has 4 rings (SSSR count). The van der Waals surface area contributed by atoms with Gasteiger partial charge < -0.3 is 5.32 Å². The minimum Gasteiger partial charge on any atom is -0.322 e. The molecule has 0 spiro atoms. The zero-order valence-electron chi connectivity index (χ0n) is 14.6. The van der Waals surface area contributed by atoms with Crippen molar-refractivity contribution in [1.82, 2.24) is 19.8 Å².